The third kappa shape index (κ3) is 4.39. The quantitative estimate of drug-likeness (QED) is 0.500. The standard InChI is InChI=1S/C28H33N5/c1-4-12-31(13-11-22-6-10-27-20(2)5-7-24(27)15-22)18-23-17-30-32(19-23)26-9-8-25-14-21(3)33(29)28(25)16-26/h6,8-10,15-17,19H,2-5,7,11-14,18,29H2,1H3. The minimum atomic E-state index is 0.807. The first-order chi connectivity index (χ1) is 16.0. The van der Waals surface area contributed by atoms with Gasteiger partial charge in [0, 0.05) is 37.0 Å². The number of aryl methyl sites for hydroxylation is 1. The fraction of sp³-hybridized carbons (Fsp3) is 0.321. The molecule has 0 saturated heterocycles. The van der Waals surface area contributed by atoms with Gasteiger partial charge in [-0.15, -0.1) is 0 Å². The number of nitrogens with two attached hydrogens (primary N) is 1. The molecule has 1 aromatic heterocycles. The Balaban J connectivity index is 1.25. The van der Waals surface area contributed by atoms with E-state index in [1.165, 1.54) is 33.4 Å². The second-order valence-electron chi connectivity index (χ2n) is 9.34. The molecule has 2 heterocycles. The Bertz CT molecular complexity index is 1200. The topological polar surface area (TPSA) is 50.3 Å². The molecule has 0 spiro atoms. The Morgan fingerprint density at radius 1 is 1.03 bits per heavy atom. The highest BCUT2D eigenvalue weighted by Crippen LogP contribution is 2.33. The maximum Gasteiger partial charge on any atom is 0.0667 e. The van der Waals surface area contributed by atoms with E-state index in [9.17, 15) is 0 Å². The first-order valence-electron chi connectivity index (χ1n) is 11.9. The maximum atomic E-state index is 6.15. The molecule has 3 aromatic rings. The molecule has 2 N–H and O–H groups in total. The molecule has 5 heteroatoms. The van der Waals surface area contributed by atoms with Crippen molar-refractivity contribution in [2.75, 3.05) is 18.1 Å². The molecule has 5 rings (SSSR count). The highest BCUT2D eigenvalue weighted by molar-refractivity contribution is 5.71. The monoisotopic (exact) mass is 439 g/mol. The second kappa shape index (κ2) is 9.00. The summed E-state index contributed by atoms with van der Waals surface area (Å²) >= 11 is 0. The minimum Gasteiger partial charge on any atom is -0.299 e. The van der Waals surface area contributed by atoms with E-state index in [2.05, 4.69) is 72.7 Å². The van der Waals surface area contributed by atoms with Gasteiger partial charge in [-0.05, 0) is 72.2 Å². The molecule has 0 radical (unpaired) electrons. The molecule has 0 fully saturated rings. The fourth-order valence-corrected chi connectivity index (χ4v) is 5.03. The van der Waals surface area contributed by atoms with Crippen LogP contribution < -0.4 is 10.9 Å². The van der Waals surface area contributed by atoms with Gasteiger partial charge in [-0.1, -0.05) is 44.3 Å². The molecular weight excluding hydrogens is 406 g/mol. The summed E-state index contributed by atoms with van der Waals surface area (Å²) in [5, 5.41) is 6.32. The number of rotatable bonds is 8. The Morgan fingerprint density at radius 2 is 1.91 bits per heavy atom. The van der Waals surface area contributed by atoms with Crippen LogP contribution >= 0.6 is 0 Å². The average molecular weight is 440 g/mol. The fourth-order valence-electron chi connectivity index (χ4n) is 5.03. The van der Waals surface area contributed by atoms with Gasteiger partial charge < -0.3 is 0 Å². The summed E-state index contributed by atoms with van der Waals surface area (Å²) in [5.41, 5.74) is 10.9. The zero-order valence-corrected chi connectivity index (χ0v) is 19.6. The van der Waals surface area contributed by atoms with Gasteiger partial charge in [0.15, 0.2) is 0 Å². The summed E-state index contributed by atoms with van der Waals surface area (Å²) in [6.07, 6.45) is 9.37. The van der Waals surface area contributed by atoms with Gasteiger partial charge in [0.05, 0.1) is 17.6 Å². The predicted molar refractivity (Wildman–Crippen MR) is 136 cm³/mol. The van der Waals surface area contributed by atoms with Crippen molar-refractivity contribution in [2.24, 2.45) is 5.84 Å². The van der Waals surface area contributed by atoms with Crippen LogP contribution in [0.1, 0.15) is 47.6 Å². The third-order valence-electron chi connectivity index (χ3n) is 6.87. The van der Waals surface area contributed by atoms with E-state index in [1.54, 1.807) is 5.01 Å². The number of benzene rings is 2. The molecule has 0 atom stereocenters. The lowest BCUT2D eigenvalue weighted by Gasteiger charge is -2.21. The van der Waals surface area contributed by atoms with Crippen LogP contribution in [0.2, 0.25) is 0 Å². The summed E-state index contributed by atoms with van der Waals surface area (Å²) < 4.78 is 1.95. The number of hydrogen-bond acceptors (Lipinski definition) is 4. The van der Waals surface area contributed by atoms with Crippen molar-refractivity contribution >= 4 is 11.3 Å². The van der Waals surface area contributed by atoms with Gasteiger partial charge in [0.25, 0.3) is 0 Å². The van der Waals surface area contributed by atoms with Gasteiger partial charge in [-0.25, -0.2) is 10.5 Å². The van der Waals surface area contributed by atoms with Gasteiger partial charge in [-0.2, -0.15) is 5.10 Å². The van der Waals surface area contributed by atoms with Crippen LogP contribution in [0, 0.1) is 0 Å². The molecule has 0 saturated carbocycles. The summed E-state index contributed by atoms with van der Waals surface area (Å²) in [5.74, 6) is 6.15. The van der Waals surface area contributed by atoms with E-state index in [0.717, 1.165) is 68.8 Å². The minimum absolute atomic E-state index is 0.807. The largest absolute Gasteiger partial charge is 0.299 e. The SMILES string of the molecule is C=C1CCc2cc(CCN(CCC)Cc3cnn(-c4ccc5c(c4)N(N)C(=C)C5)c3)ccc21. The smallest absolute Gasteiger partial charge is 0.0667 e. The Labute approximate surface area is 196 Å². The maximum absolute atomic E-state index is 6.15. The number of hydrazine groups is 1. The number of aromatic nitrogens is 2. The number of fused-ring (bicyclic) bond motifs is 2. The molecular formula is C28H33N5. The first kappa shape index (κ1) is 21.7. The van der Waals surface area contributed by atoms with Gasteiger partial charge >= 0.3 is 0 Å². The van der Waals surface area contributed by atoms with Crippen molar-refractivity contribution in [3.8, 4) is 5.69 Å². The van der Waals surface area contributed by atoms with Crippen LogP contribution in [0.15, 0.2) is 67.6 Å². The summed E-state index contributed by atoms with van der Waals surface area (Å²) in [7, 11) is 0. The van der Waals surface area contributed by atoms with Crippen LogP contribution in [0.4, 0.5) is 5.69 Å². The van der Waals surface area contributed by atoms with Crippen molar-refractivity contribution in [1.82, 2.24) is 14.7 Å². The van der Waals surface area contributed by atoms with Crippen molar-refractivity contribution < 1.29 is 0 Å². The van der Waals surface area contributed by atoms with Crippen LogP contribution in [0.5, 0.6) is 0 Å². The molecule has 0 bridgehead atoms. The van der Waals surface area contributed by atoms with Crippen LogP contribution in [0.3, 0.4) is 0 Å². The van der Waals surface area contributed by atoms with Gasteiger partial charge in [0.2, 0.25) is 0 Å². The summed E-state index contributed by atoms with van der Waals surface area (Å²) in [4.78, 5) is 2.53. The highest BCUT2D eigenvalue weighted by atomic mass is 15.4. The normalized spacial score (nSPS) is 14.9. The van der Waals surface area contributed by atoms with E-state index in [4.69, 9.17) is 5.84 Å². The molecule has 1 aliphatic carbocycles. The number of anilines is 1. The lowest BCUT2D eigenvalue weighted by Crippen LogP contribution is -2.26. The van der Waals surface area contributed by atoms with Crippen molar-refractivity contribution in [1.29, 1.82) is 0 Å². The predicted octanol–water partition coefficient (Wildman–Crippen LogP) is 5.04. The van der Waals surface area contributed by atoms with Crippen molar-refractivity contribution in [3.05, 3.63) is 95.5 Å². The Morgan fingerprint density at radius 3 is 2.76 bits per heavy atom. The lowest BCUT2D eigenvalue weighted by atomic mass is 10.0. The lowest BCUT2D eigenvalue weighted by molar-refractivity contribution is 0.269. The Kier molecular flexibility index (Phi) is 5.92. The molecule has 2 aliphatic rings. The van der Waals surface area contributed by atoms with Gasteiger partial charge in [-0.3, -0.25) is 9.91 Å². The van der Waals surface area contributed by atoms with E-state index < -0.39 is 0 Å². The third-order valence-corrected chi connectivity index (χ3v) is 6.87. The van der Waals surface area contributed by atoms with Crippen LogP contribution in [0.25, 0.3) is 11.3 Å². The van der Waals surface area contributed by atoms with Crippen molar-refractivity contribution in [3.63, 3.8) is 0 Å². The zero-order chi connectivity index (χ0) is 22.9. The van der Waals surface area contributed by atoms with E-state index in [1.807, 2.05) is 10.9 Å². The van der Waals surface area contributed by atoms with E-state index in [0.29, 0.717) is 0 Å². The number of hydrogen-bond donors (Lipinski definition) is 1. The van der Waals surface area contributed by atoms with E-state index >= 15 is 0 Å². The molecule has 0 amide bonds. The van der Waals surface area contributed by atoms with Crippen molar-refractivity contribution in [2.45, 2.75) is 45.6 Å². The van der Waals surface area contributed by atoms with Gasteiger partial charge in [0.1, 0.15) is 0 Å². The Hall–Kier alpha value is -3.15. The number of nitrogens with zero attached hydrogens (tertiary/aromatic N) is 4. The average Bonchev–Trinajstić information content (AvgIpc) is 3.50. The first-order valence-corrected chi connectivity index (χ1v) is 11.9. The highest BCUT2D eigenvalue weighted by Gasteiger charge is 2.21. The summed E-state index contributed by atoms with van der Waals surface area (Å²) in [6.45, 7) is 13.5. The van der Waals surface area contributed by atoms with Crippen LogP contribution in [-0.2, 0) is 25.8 Å². The summed E-state index contributed by atoms with van der Waals surface area (Å²) in [6, 6.07) is 13.3. The molecule has 5 nitrogen and oxygen atoms in total. The molecule has 170 valence electrons. The second-order valence-corrected chi connectivity index (χ2v) is 9.34. The number of allylic oxidation sites excluding steroid dienone is 2. The molecule has 0 unspecified atom stereocenters. The van der Waals surface area contributed by atoms with E-state index in [-0.39, 0.29) is 0 Å². The molecule has 33 heavy (non-hydrogen) atoms. The van der Waals surface area contributed by atoms with Crippen LogP contribution in [-0.4, -0.2) is 27.8 Å². The zero-order valence-electron chi connectivity index (χ0n) is 19.6. The molecule has 2 aromatic carbocycles. The molecule has 1 aliphatic heterocycles.